The molecule has 0 aromatic carbocycles. The first-order valence-electron chi connectivity index (χ1n) is 6.83. The van der Waals surface area contributed by atoms with Crippen LogP contribution in [0.4, 0.5) is 0 Å². The van der Waals surface area contributed by atoms with Crippen molar-refractivity contribution >= 4 is 5.97 Å². The van der Waals surface area contributed by atoms with Crippen molar-refractivity contribution in [1.29, 1.82) is 0 Å². The van der Waals surface area contributed by atoms with Gasteiger partial charge < -0.3 is 19.3 Å². The van der Waals surface area contributed by atoms with Gasteiger partial charge >= 0.3 is 5.97 Å². The van der Waals surface area contributed by atoms with E-state index < -0.39 is 12.1 Å². The number of aliphatic hydroxyl groups is 1. The molecule has 116 valence electrons. The normalized spacial score (nSPS) is 16.4. The largest absolute Gasteiger partial charge is 0.460 e. The van der Waals surface area contributed by atoms with Crippen LogP contribution in [0.2, 0.25) is 0 Å². The fourth-order valence-corrected chi connectivity index (χ4v) is 1.19. The van der Waals surface area contributed by atoms with Crippen LogP contribution in [-0.2, 0) is 19.0 Å². The molecule has 0 saturated carbocycles. The van der Waals surface area contributed by atoms with Gasteiger partial charge in [0.25, 0.3) is 0 Å². The Morgan fingerprint density at radius 2 is 1.65 bits per heavy atom. The van der Waals surface area contributed by atoms with E-state index in [0.717, 1.165) is 0 Å². The smallest absolute Gasteiger partial charge is 0.330 e. The number of esters is 1. The van der Waals surface area contributed by atoms with Gasteiger partial charge in [0, 0.05) is 6.08 Å². The summed E-state index contributed by atoms with van der Waals surface area (Å²) in [6.45, 7) is 8.08. The van der Waals surface area contributed by atoms with Crippen molar-refractivity contribution in [2.75, 3.05) is 19.8 Å². The summed E-state index contributed by atoms with van der Waals surface area (Å²) in [4.78, 5) is 11.3. The zero-order valence-electron chi connectivity index (χ0n) is 12.7. The van der Waals surface area contributed by atoms with Crippen LogP contribution in [0.3, 0.4) is 0 Å². The average molecular weight is 286 g/mol. The summed E-state index contributed by atoms with van der Waals surface area (Å²) < 4.78 is 15.8. The lowest BCUT2D eigenvalue weighted by atomic mass is 10.4. The molecule has 0 spiro atoms. The Morgan fingerprint density at radius 3 is 2.25 bits per heavy atom. The van der Waals surface area contributed by atoms with Crippen LogP contribution >= 0.6 is 0 Å². The Labute approximate surface area is 121 Å². The molecule has 5 nitrogen and oxygen atoms in total. The first kappa shape index (κ1) is 18.8. The number of rotatable bonds is 10. The molecule has 0 aromatic heterocycles. The first-order valence-corrected chi connectivity index (χ1v) is 6.83. The second-order valence-corrected chi connectivity index (χ2v) is 4.65. The van der Waals surface area contributed by atoms with Crippen molar-refractivity contribution in [3.63, 3.8) is 0 Å². The fourth-order valence-electron chi connectivity index (χ4n) is 1.19. The van der Waals surface area contributed by atoms with Gasteiger partial charge in [0.05, 0.1) is 31.5 Å². The topological polar surface area (TPSA) is 65.0 Å². The van der Waals surface area contributed by atoms with E-state index in [-0.39, 0.29) is 25.4 Å². The summed E-state index contributed by atoms with van der Waals surface area (Å²) in [6, 6.07) is 0. The molecule has 3 unspecified atom stereocenters. The molecule has 0 aliphatic heterocycles. The van der Waals surface area contributed by atoms with Gasteiger partial charge in [-0.05, 0) is 27.7 Å². The third-order valence-corrected chi connectivity index (χ3v) is 2.23. The van der Waals surface area contributed by atoms with Crippen LogP contribution in [0, 0.1) is 0 Å². The van der Waals surface area contributed by atoms with Gasteiger partial charge in [0.15, 0.2) is 0 Å². The maximum absolute atomic E-state index is 11.3. The lowest BCUT2D eigenvalue weighted by molar-refractivity contribution is -0.142. The van der Waals surface area contributed by atoms with E-state index in [4.69, 9.17) is 19.3 Å². The number of allylic oxidation sites excluding steroid dienone is 3. The minimum Gasteiger partial charge on any atom is -0.460 e. The van der Waals surface area contributed by atoms with Crippen molar-refractivity contribution in [1.82, 2.24) is 0 Å². The number of hydrogen-bond donors (Lipinski definition) is 1. The Balaban J connectivity index is 3.72. The van der Waals surface area contributed by atoms with Gasteiger partial charge in [-0.15, -0.1) is 0 Å². The molecule has 0 saturated heterocycles. The highest BCUT2D eigenvalue weighted by Gasteiger charge is 2.09. The molecule has 0 fully saturated rings. The highest BCUT2D eigenvalue weighted by Crippen LogP contribution is 1.99. The predicted molar refractivity (Wildman–Crippen MR) is 77.4 cm³/mol. The number of carbonyl (C=O) groups excluding carboxylic acids is 1. The lowest BCUT2D eigenvalue weighted by Gasteiger charge is -2.18. The Morgan fingerprint density at radius 1 is 1.05 bits per heavy atom. The van der Waals surface area contributed by atoms with Crippen molar-refractivity contribution in [3.8, 4) is 0 Å². The second kappa shape index (κ2) is 11.6. The zero-order chi connectivity index (χ0) is 15.4. The van der Waals surface area contributed by atoms with Crippen LogP contribution in [0.15, 0.2) is 24.3 Å². The molecule has 0 bridgehead atoms. The number of hydrogen-bond acceptors (Lipinski definition) is 5. The van der Waals surface area contributed by atoms with Gasteiger partial charge in [-0.25, -0.2) is 4.79 Å². The number of ether oxygens (including phenoxy) is 3. The SMILES string of the molecule is CC=CC=CC(=O)OCC(C)OCC(C)OCC(C)O. The third-order valence-electron chi connectivity index (χ3n) is 2.23. The highest BCUT2D eigenvalue weighted by atomic mass is 16.6. The highest BCUT2D eigenvalue weighted by molar-refractivity contribution is 5.82. The summed E-state index contributed by atoms with van der Waals surface area (Å²) in [7, 11) is 0. The first-order chi connectivity index (χ1) is 9.45. The molecule has 1 N–H and O–H groups in total. The van der Waals surface area contributed by atoms with Crippen LogP contribution in [0.1, 0.15) is 27.7 Å². The second-order valence-electron chi connectivity index (χ2n) is 4.65. The van der Waals surface area contributed by atoms with Gasteiger partial charge in [-0.2, -0.15) is 0 Å². The molecule has 0 amide bonds. The molecule has 0 radical (unpaired) electrons. The maximum Gasteiger partial charge on any atom is 0.330 e. The summed E-state index contributed by atoms with van der Waals surface area (Å²) in [6.07, 6.45) is 5.76. The minimum absolute atomic E-state index is 0.114. The minimum atomic E-state index is -0.486. The van der Waals surface area contributed by atoms with Crippen molar-refractivity contribution in [3.05, 3.63) is 24.3 Å². The third kappa shape index (κ3) is 11.9. The average Bonchev–Trinajstić information content (AvgIpc) is 2.40. The standard InChI is InChI=1S/C15H26O5/c1-5-6-7-8-15(17)20-11-14(4)19-10-13(3)18-9-12(2)16/h5-8,12-14,16H,9-11H2,1-4H3. The summed E-state index contributed by atoms with van der Waals surface area (Å²) in [5, 5.41) is 9.08. The van der Waals surface area contributed by atoms with Crippen molar-refractivity contribution in [2.24, 2.45) is 0 Å². The van der Waals surface area contributed by atoms with Gasteiger partial charge in [0.2, 0.25) is 0 Å². The van der Waals surface area contributed by atoms with E-state index in [2.05, 4.69) is 0 Å². The molecule has 0 rings (SSSR count). The van der Waals surface area contributed by atoms with E-state index >= 15 is 0 Å². The van der Waals surface area contributed by atoms with Crippen LogP contribution in [0.5, 0.6) is 0 Å². The van der Waals surface area contributed by atoms with Crippen molar-refractivity contribution < 1.29 is 24.1 Å². The predicted octanol–water partition coefficient (Wildman–Crippen LogP) is 1.85. The fraction of sp³-hybridized carbons (Fsp3) is 0.667. The Hall–Kier alpha value is -1.17. The van der Waals surface area contributed by atoms with E-state index in [9.17, 15) is 4.79 Å². The molecule has 0 heterocycles. The molecule has 0 aliphatic carbocycles. The van der Waals surface area contributed by atoms with E-state index in [0.29, 0.717) is 6.61 Å². The van der Waals surface area contributed by atoms with Crippen molar-refractivity contribution in [2.45, 2.75) is 46.0 Å². The number of carbonyl (C=O) groups is 1. The summed E-state index contributed by atoms with van der Waals surface area (Å²) >= 11 is 0. The molecule has 20 heavy (non-hydrogen) atoms. The molecule has 5 heteroatoms. The molecule has 0 aliphatic rings. The number of aliphatic hydroxyl groups excluding tert-OH is 1. The maximum atomic E-state index is 11.3. The Bertz CT molecular complexity index is 309. The van der Waals surface area contributed by atoms with E-state index in [1.54, 1.807) is 19.1 Å². The molecule has 0 aromatic rings. The summed E-state index contributed by atoms with van der Waals surface area (Å²) in [5.41, 5.74) is 0. The molecular formula is C15H26O5. The lowest BCUT2D eigenvalue weighted by Crippen LogP contribution is -2.26. The van der Waals surface area contributed by atoms with Crippen LogP contribution in [-0.4, -0.2) is 49.2 Å². The Kier molecular flexibility index (Phi) is 11.0. The van der Waals surface area contributed by atoms with Gasteiger partial charge in [0.1, 0.15) is 6.61 Å². The molecule has 3 atom stereocenters. The van der Waals surface area contributed by atoms with Gasteiger partial charge in [-0.3, -0.25) is 0 Å². The van der Waals surface area contributed by atoms with Crippen LogP contribution in [0.25, 0.3) is 0 Å². The van der Waals surface area contributed by atoms with E-state index in [1.165, 1.54) is 6.08 Å². The summed E-state index contributed by atoms with van der Waals surface area (Å²) in [5.74, 6) is -0.392. The zero-order valence-corrected chi connectivity index (χ0v) is 12.7. The van der Waals surface area contributed by atoms with Crippen LogP contribution < -0.4 is 0 Å². The quantitative estimate of drug-likeness (QED) is 0.377. The van der Waals surface area contributed by atoms with E-state index in [1.807, 2.05) is 26.8 Å². The monoisotopic (exact) mass is 286 g/mol. The van der Waals surface area contributed by atoms with Gasteiger partial charge in [-0.1, -0.05) is 18.2 Å². The molecular weight excluding hydrogens is 260 g/mol.